The quantitative estimate of drug-likeness (QED) is 0.842. The molecule has 1 aromatic heterocycles. The summed E-state index contributed by atoms with van der Waals surface area (Å²) >= 11 is 0. The van der Waals surface area contributed by atoms with Crippen molar-refractivity contribution in [1.29, 1.82) is 0 Å². The molecule has 1 unspecified atom stereocenters. The molecule has 2 rings (SSSR count). The number of pyridine rings is 1. The van der Waals surface area contributed by atoms with Crippen molar-refractivity contribution >= 4 is 5.91 Å². The molecule has 1 aromatic rings. The van der Waals surface area contributed by atoms with Crippen LogP contribution < -0.4 is 5.32 Å². The highest BCUT2D eigenvalue weighted by Gasteiger charge is 2.23. The number of carbonyl (C=O) groups is 1. The molecule has 1 saturated heterocycles. The monoisotopic (exact) mass is 263 g/mol. The van der Waals surface area contributed by atoms with Crippen molar-refractivity contribution in [3.8, 4) is 5.75 Å². The van der Waals surface area contributed by atoms with Gasteiger partial charge in [0.1, 0.15) is 5.75 Å². The Morgan fingerprint density at radius 2 is 2.47 bits per heavy atom. The highest BCUT2D eigenvalue weighted by Crippen LogP contribution is 2.18. The molecule has 0 aliphatic carbocycles. The molecule has 0 spiro atoms. The maximum absolute atomic E-state index is 12.5. The van der Waals surface area contributed by atoms with Gasteiger partial charge in [-0.1, -0.05) is 6.92 Å². The van der Waals surface area contributed by atoms with Gasteiger partial charge in [0.2, 0.25) is 0 Å². The molecule has 1 atom stereocenters. The predicted octanol–water partition coefficient (Wildman–Crippen LogP) is 1.39. The van der Waals surface area contributed by atoms with Crippen LogP contribution in [0.4, 0.5) is 0 Å². The van der Waals surface area contributed by atoms with Crippen LogP contribution in [0.2, 0.25) is 0 Å². The van der Waals surface area contributed by atoms with Crippen LogP contribution in [0, 0.1) is 0 Å². The van der Waals surface area contributed by atoms with Crippen LogP contribution in [-0.4, -0.2) is 46.6 Å². The fourth-order valence-corrected chi connectivity index (χ4v) is 2.46. The highest BCUT2D eigenvalue weighted by atomic mass is 16.3. The molecule has 5 nitrogen and oxygen atoms in total. The summed E-state index contributed by atoms with van der Waals surface area (Å²) < 4.78 is 0. The predicted molar refractivity (Wildman–Crippen MR) is 73.1 cm³/mol. The molecule has 5 heteroatoms. The number of rotatable bonds is 5. The Hall–Kier alpha value is -1.62. The SMILES string of the molecule is CCCN(CC1CCCN1)C(=O)c1ccncc1O. The van der Waals surface area contributed by atoms with E-state index in [1.165, 1.54) is 18.8 Å². The summed E-state index contributed by atoms with van der Waals surface area (Å²) in [7, 11) is 0. The van der Waals surface area contributed by atoms with Gasteiger partial charge >= 0.3 is 0 Å². The molecule has 1 aliphatic heterocycles. The summed E-state index contributed by atoms with van der Waals surface area (Å²) in [6, 6.07) is 1.95. The average Bonchev–Trinajstić information content (AvgIpc) is 2.91. The fraction of sp³-hybridized carbons (Fsp3) is 0.571. The fourth-order valence-electron chi connectivity index (χ4n) is 2.46. The first-order valence-electron chi connectivity index (χ1n) is 6.88. The van der Waals surface area contributed by atoms with E-state index in [4.69, 9.17) is 0 Å². The Balaban J connectivity index is 2.09. The Morgan fingerprint density at radius 1 is 1.63 bits per heavy atom. The first-order valence-corrected chi connectivity index (χ1v) is 6.88. The van der Waals surface area contributed by atoms with Crippen molar-refractivity contribution < 1.29 is 9.90 Å². The number of aromatic nitrogens is 1. The van der Waals surface area contributed by atoms with Crippen molar-refractivity contribution in [2.24, 2.45) is 0 Å². The van der Waals surface area contributed by atoms with Gasteiger partial charge in [0.05, 0.1) is 11.8 Å². The Morgan fingerprint density at radius 3 is 3.11 bits per heavy atom. The molecule has 2 N–H and O–H groups in total. The van der Waals surface area contributed by atoms with Gasteiger partial charge in [-0.25, -0.2) is 0 Å². The second kappa shape index (κ2) is 6.52. The third kappa shape index (κ3) is 3.44. The number of carbonyl (C=O) groups excluding carboxylic acids is 1. The van der Waals surface area contributed by atoms with Crippen LogP contribution in [0.1, 0.15) is 36.5 Å². The van der Waals surface area contributed by atoms with E-state index in [9.17, 15) is 9.90 Å². The van der Waals surface area contributed by atoms with E-state index < -0.39 is 0 Å². The Labute approximate surface area is 113 Å². The molecule has 1 fully saturated rings. The standard InChI is InChI=1S/C14H21N3O2/c1-2-8-17(10-11-4-3-6-16-11)14(19)12-5-7-15-9-13(12)18/h5,7,9,11,16,18H,2-4,6,8,10H2,1H3. The summed E-state index contributed by atoms with van der Waals surface area (Å²) in [5, 5.41) is 13.1. The van der Waals surface area contributed by atoms with Crippen LogP contribution in [-0.2, 0) is 0 Å². The minimum atomic E-state index is -0.115. The van der Waals surface area contributed by atoms with Gasteiger partial charge in [-0.2, -0.15) is 0 Å². The van der Waals surface area contributed by atoms with E-state index in [1.54, 1.807) is 6.07 Å². The summed E-state index contributed by atoms with van der Waals surface area (Å²) in [4.78, 5) is 18.1. The van der Waals surface area contributed by atoms with Crippen molar-refractivity contribution in [2.75, 3.05) is 19.6 Å². The molecular weight excluding hydrogens is 242 g/mol. The zero-order valence-electron chi connectivity index (χ0n) is 11.3. The van der Waals surface area contributed by atoms with Gasteiger partial charge < -0.3 is 15.3 Å². The van der Waals surface area contributed by atoms with Crippen molar-refractivity contribution in [3.63, 3.8) is 0 Å². The lowest BCUT2D eigenvalue weighted by molar-refractivity contribution is 0.0738. The number of hydrogen-bond acceptors (Lipinski definition) is 4. The largest absolute Gasteiger partial charge is 0.505 e. The molecule has 1 amide bonds. The molecule has 104 valence electrons. The van der Waals surface area contributed by atoms with E-state index >= 15 is 0 Å². The molecular formula is C14H21N3O2. The Kier molecular flexibility index (Phi) is 4.74. The van der Waals surface area contributed by atoms with E-state index in [-0.39, 0.29) is 11.7 Å². The maximum Gasteiger partial charge on any atom is 0.257 e. The van der Waals surface area contributed by atoms with Gasteiger partial charge in [-0.15, -0.1) is 0 Å². The first-order chi connectivity index (χ1) is 9.22. The first kappa shape index (κ1) is 13.8. The van der Waals surface area contributed by atoms with E-state index in [0.29, 0.717) is 24.7 Å². The normalized spacial score (nSPS) is 18.5. The molecule has 0 radical (unpaired) electrons. The van der Waals surface area contributed by atoms with Gasteiger partial charge in [0.15, 0.2) is 0 Å². The summed E-state index contributed by atoms with van der Waals surface area (Å²) in [5.74, 6) is -0.163. The Bertz CT molecular complexity index is 430. The van der Waals surface area contributed by atoms with Crippen LogP contribution in [0.3, 0.4) is 0 Å². The minimum absolute atomic E-state index is 0.0482. The average molecular weight is 263 g/mol. The van der Waals surface area contributed by atoms with Crippen molar-refractivity contribution in [3.05, 3.63) is 24.0 Å². The molecule has 19 heavy (non-hydrogen) atoms. The second-order valence-electron chi connectivity index (χ2n) is 4.94. The van der Waals surface area contributed by atoms with E-state index in [1.807, 2.05) is 4.90 Å². The number of amides is 1. The topological polar surface area (TPSA) is 65.5 Å². The van der Waals surface area contributed by atoms with Gasteiger partial charge in [-0.3, -0.25) is 9.78 Å². The maximum atomic E-state index is 12.5. The zero-order valence-corrected chi connectivity index (χ0v) is 11.3. The number of nitrogens with one attached hydrogen (secondary N) is 1. The lowest BCUT2D eigenvalue weighted by atomic mass is 10.1. The van der Waals surface area contributed by atoms with Crippen LogP contribution in [0.25, 0.3) is 0 Å². The molecule has 0 bridgehead atoms. The zero-order chi connectivity index (χ0) is 13.7. The molecule has 0 saturated carbocycles. The highest BCUT2D eigenvalue weighted by molar-refractivity contribution is 5.96. The third-order valence-corrected chi connectivity index (χ3v) is 3.41. The molecule has 2 heterocycles. The summed E-state index contributed by atoms with van der Waals surface area (Å²) in [6.45, 7) is 4.49. The van der Waals surface area contributed by atoms with E-state index in [0.717, 1.165) is 19.4 Å². The third-order valence-electron chi connectivity index (χ3n) is 3.41. The summed E-state index contributed by atoms with van der Waals surface area (Å²) in [6.07, 6.45) is 6.02. The second-order valence-corrected chi connectivity index (χ2v) is 4.94. The number of hydrogen-bond donors (Lipinski definition) is 2. The summed E-state index contributed by atoms with van der Waals surface area (Å²) in [5.41, 5.74) is 0.335. The molecule has 1 aliphatic rings. The van der Waals surface area contributed by atoms with Gasteiger partial charge in [0, 0.05) is 25.3 Å². The minimum Gasteiger partial charge on any atom is -0.505 e. The van der Waals surface area contributed by atoms with Crippen LogP contribution >= 0.6 is 0 Å². The lowest BCUT2D eigenvalue weighted by Gasteiger charge is -2.25. The van der Waals surface area contributed by atoms with Gasteiger partial charge in [0.25, 0.3) is 5.91 Å². The lowest BCUT2D eigenvalue weighted by Crippen LogP contribution is -2.41. The number of nitrogens with zero attached hydrogens (tertiary/aromatic N) is 2. The van der Waals surface area contributed by atoms with Gasteiger partial charge in [-0.05, 0) is 31.9 Å². The van der Waals surface area contributed by atoms with E-state index in [2.05, 4.69) is 17.2 Å². The van der Waals surface area contributed by atoms with Crippen LogP contribution in [0.5, 0.6) is 5.75 Å². The van der Waals surface area contributed by atoms with Crippen molar-refractivity contribution in [1.82, 2.24) is 15.2 Å². The molecule has 0 aromatic carbocycles. The number of aromatic hydroxyl groups is 1. The van der Waals surface area contributed by atoms with Crippen LogP contribution in [0.15, 0.2) is 18.5 Å². The smallest absolute Gasteiger partial charge is 0.257 e. The van der Waals surface area contributed by atoms with Crippen molar-refractivity contribution in [2.45, 2.75) is 32.2 Å².